The van der Waals surface area contributed by atoms with E-state index in [-0.39, 0.29) is 29.3 Å². The number of ketones is 1. The predicted octanol–water partition coefficient (Wildman–Crippen LogP) is 4.02. The van der Waals surface area contributed by atoms with Gasteiger partial charge in [-0.15, -0.1) is 28.3 Å². The van der Waals surface area contributed by atoms with Gasteiger partial charge in [0.2, 0.25) is 0 Å². The maximum atomic E-state index is 12.3. The van der Waals surface area contributed by atoms with Gasteiger partial charge in [0.25, 0.3) is 0 Å². The van der Waals surface area contributed by atoms with Gasteiger partial charge in [-0.05, 0) is 49.9 Å². The van der Waals surface area contributed by atoms with E-state index < -0.39 is 0 Å². The van der Waals surface area contributed by atoms with Gasteiger partial charge in [-0.3, -0.25) is 10.2 Å². The molecule has 1 aliphatic rings. The number of nitrogens with zero attached hydrogens (tertiary/aromatic N) is 1. The van der Waals surface area contributed by atoms with Gasteiger partial charge in [0.1, 0.15) is 0 Å². The number of carbonyl (C=O) groups excluding carboxylic acids is 1. The van der Waals surface area contributed by atoms with E-state index in [1.54, 1.807) is 24.3 Å². The highest BCUT2D eigenvalue weighted by molar-refractivity contribution is 8.93. The number of benzene rings is 1. The molecule has 0 saturated carbocycles. The molecule has 0 amide bonds. The fraction of sp³-hybridized carbons (Fsp3) is 0.333. The lowest BCUT2D eigenvalue weighted by Crippen LogP contribution is -2.22. The van der Waals surface area contributed by atoms with E-state index in [1.165, 1.54) is 28.3 Å². The van der Waals surface area contributed by atoms with Crippen molar-refractivity contribution in [1.82, 2.24) is 4.57 Å². The third-order valence-electron chi connectivity index (χ3n) is 3.65. The van der Waals surface area contributed by atoms with Gasteiger partial charge in [0.05, 0.1) is 6.54 Å². The minimum Gasteiger partial charge on any atom is -0.313 e. The Bertz CT molecular complexity index is 705. The summed E-state index contributed by atoms with van der Waals surface area (Å²) in [6.45, 7) is 0.256. The van der Waals surface area contributed by atoms with Crippen LogP contribution in [0.3, 0.4) is 0 Å². The molecule has 1 aliphatic carbocycles. The predicted molar refractivity (Wildman–Crippen MR) is 90.9 cm³/mol. The number of thiazole rings is 1. The number of aromatic nitrogens is 1. The molecule has 1 aromatic heterocycles. The first-order valence-corrected chi connectivity index (χ1v) is 7.89. The van der Waals surface area contributed by atoms with Crippen LogP contribution in [0.2, 0.25) is 5.02 Å². The van der Waals surface area contributed by atoms with Crippen LogP contribution in [0.5, 0.6) is 0 Å². The molecule has 0 unspecified atom stereocenters. The molecule has 1 aromatic carbocycles. The summed E-state index contributed by atoms with van der Waals surface area (Å²) in [4.78, 5) is 14.1. The SMILES string of the molecule is Br.N=c1sc2c(n1CC(=O)c1ccc(Cl)cc1)CCCC2. The van der Waals surface area contributed by atoms with Crippen LogP contribution >= 0.6 is 39.9 Å². The van der Waals surface area contributed by atoms with Gasteiger partial charge in [0, 0.05) is 21.2 Å². The Balaban J connectivity index is 0.00000161. The largest absolute Gasteiger partial charge is 0.313 e. The second-order valence-corrected chi connectivity index (χ2v) is 6.52. The molecule has 0 aliphatic heterocycles. The fourth-order valence-corrected chi connectivity index (χ4v) is 3.81. The minimum absolute atomic E-state index is 0. The Morgan fingerprint density at radius 3 is 2.62 bits per heavy atom. The van der Waals surface area contributed by atoms with Crippen LogP contribution in [0, 0.1) is 5.41 Å². The molecule has 0 radical (unpaired) electrons. The van der Waals surface area contributed by atoms with E-state index >= 15 is 0 Å². The van der Waals surface area contributed by atoms with Crippen molar-refractivity contribution in [3.8, 4) is 0 Å². The van der Waals surface area contributed by atoms with Gasteiger partial charge in [0.15, 0.2) is 10.6 Å². The molecule has 1 heterocycles. The summed E-state index contributed by atoms with van der Waals surface area (Å²) < 4.78 is 1.87. The molecule has 0 saturated heterocycles. The second kappa shape index (κ2) is 6.90. The number of halogens is 2. The summed E-state index contributed by atoms with van der Waals surface area (Å²) in [5.74, 6) is 0.0336. The molecule has 3 nitrogen and oxygen atoms in total. The Morgan fingerprint density at radius 2 is 1.90 bits per heavy atom. The highest BCUT2D eigenvalue weighted by Crippen LogP contribution is 2.23. The van der Waals surface area contributed by atoms with Crippen LogP contribution in [-0.4, -0.2) is 10.4 Å². The standard InChI is InChI=1S/C15H15ClN2OS.BrH/c16-11-7-5-10(6-8-11)13(19)9-18-12-3-1-2-4-14(12)20-15(18)17;/h5-8,17H,1-4,9H2;1H. The summed E-state index contributed by atoms with van der Waals surface area (Å²) in [5.41, 5.74) is 1.84. The normalized spacial score (nSPS) is 13.4. The zero-order valence-corrected chi connectivity index (χ0v) is 14.7. The minimum atomic E-state index is 0. The van der Waals surface area contributed by atoms with Crippen LogP contribution in [0.4, 0.5) is 0 Å². The first kappa shape index (κ1) is 16.5. The number of hydrogen-bond donors (Lipinski definition) is 1. The van der Waals surface area contributed by atoms with Gasteiger partial charge >= 0.3 is 0 Å². The molecular formula is C15H16BrClN2OS. The second-order valence-electron chi connectivity index (χ2n) is 5.00. The van der Waals surface area contributed by atoms with E-state index in [1.807, 2.05) is 4.57 Å². The Hall–Kier alpha value is -0.910. The monoisotopic (exact) mass is 386 g/mol. The molecule has 1 N–H and O–H groups in total. The van der Waals surface area contributed by atoms with Gasteiger partial charge in [-0.2, -0.15) is 0 Å². The van der Waals surface area contributed by atoms with Crippen LogP contribution in [0.15, 0.2) is 24.3 Å². The van der Waals surface area contributed by atoms with E-state index in [2.05, 4.69) is 0 Å². The number of carbonyl (C=O) groups is 1. The zero-order valence-electron chi connectivity index (χ0n) is 11.4. The van der Waals surface area contributed by atoms with E-state index in [4.69, 9.17) is 17.0 Å². The zero-order chi connectivity index (χ0) is 14.1. The van der Waals surface area contributed by atoms with Crippen molar-refractivity contribution in [2.24, 2.45) is 0 Å². The lowest BCUT2D eigenvalue weighted by molar-refractivity contribution is 0.0969. The fourth-order valence-electron chi connectivity index (χ4n) is 2.59. The highest BCUT2D eigenvalue weighted by atomic mass is 79.9. The number of nitrogens with one attached hydrogen (secondary N) is 1. The average molecular weight is 388 g/mol. The van der Waals surface area contributed by atoms with Crippen LogP contribution in [0.1, 0.15) is 33.8 Å². The number of fused-ring (bicyclic) bond motifs is 1. The van der Waals surface area contributed by atoms with E-state index in [0.29, 0.717) is 15.4 Å². The molecule has 0 spiro atoms. The first-order chi connectivity index (χ1) is 9.65. The van der Waals surface area contributed by atoms with Crippen molar-refractivity contribution in [3.63, 3.8) is 0 Å². The number of hydrogen-bond acceptors (Lipinski definition) is 3. The molecule has 0 atom stereocenters. The lowest BCUT2D eigenvalue weighted by atomic mass is 10.0. The van der Waals surface area contributed by atoms with Crippen LogP contribution in [0.25, 0.3) is 0 Å². The Kier molecular flexibility index (Phi) is 5.41. The molecule has 112 valence electrons. The lowest BCUT2D eigenvalue weighted by Gasteiger charge is -2.14. The average Bonchev–Trinajstić information content (AvgIpc) is 2.76. The van der Waals surface area contributed by atoms with Crippen molar-refractivity contribution >= 4 is 45.7 Å². The number of rotatable bonds is 3. The molecule has 0 bridgehead atoms. The third kappa shape index (κ3) is 3.47. The van der Waals surface area contributed by atoms with Crippen molar-refractivity contribution in [2.75, 3.05) is 0 Å². The van der Waals surface area contributed by atoms with Crippen molar-refractivity contribution < 1.29 is 4.79 Å². The maximum absolute atomic E-state index is 12.3. The molecule has 21 heavy (non-hydrogen) atoms. The van der Waals surface area contributed by atoms with Crippen LogP contribution < -0.4 is 4.80 Å². The smallest absolute Gasteiger partial charge is 0.182 e. The maximum Gasteiger partial charge on any atom is 0.182 e. The highest BCUT2D eigenvalue weighted by Gasteiger charge is 2.18. The number of Topliss-reactive ketones (excluding diaryl/α,β-unsaturated/α-hetero) is 1. The summed E-state index contributed by atoms with van der Waals surface area (Å²) in [7, 11) is 0. The Morgan fingerprint density at radius 1 is 1.24 bits per heavy atom. The van der Waals surface area contributed by atoms with Gasteiger partial charge in [-0.25, -0.2) is 0 Å². The molecule has 0 fully saturated rings. The van der Waals surface area contributed by atoms with E-state index in [0.717, 1.165) is 19.3 Å². The third-order valence-corrected chi connectivity index (χ3v) is 5.00. The molecule has 2 aromatic rings. The summed E-state index contributed by atoms with van der Waals surface area (Å²) >= 11 is 7.35. The number of aryl methyl sites for hydroxylation is 1. The van der Waals surface area contributed by atoms with Gasteiger partial charge < -0.3 is 4.57 Å². The Labute approximate surface area is 142 Å². The molecular weight excluding hydrogens is 372 g/mol. The van der Waals surface area contributed by atoms with Crippen molar-refractivity contribution in [1.29, 1.82) is 5.41 Å². The van der Waals surface area contributed by atoms with Crippen molar-refractivity contribution in [3.05, 3.63) is 50.2 Å². The topological polar surface area (TPSA) is 45.9 Å². The first-order valence-electron chi connectivity index (χ1n) is 6.70. The summed E-state index contributed by atoms with van der Waals surface area (Å²) in [6.07, 6.45) is 4.38. The molecule has 3 rings (SSSR count). The summed E-state index contributed by atoms with van der Waals surface area (Å²) in [6, 6.07) is 6.94. The van der Waals surface area contributed by atoms with E-state index in [9.17, 15) is 4.79 Å². The summed E-state index contributed by atoms with van der Waals surface area (Å²) in [5, 5.41) is 8.69. The van der Waals surface area contributed by atoms with Crippen molar-refractivity contribution in [2.45, 2.75) is 32.2 Å². The quantitative estimate of drug-likeness (QED) is 0.794. The van der Waals surface area contributed by atoms with Gasteiger partial charge in [-0.1, -0.05) is 11.6 Å². The van der Waals surface area contributed by atoms with Crippen LogP contribution in [-0.2, 0) is 19.4 Å². The molecule has 6 heteroatoms.